The summed E-state index contributed by atoms with van der Waals surface area (Å²) in [7, 11) is -1.92. The molecule has 1 aromatic heterocycles. The second kappa shape index (κ2) is 7.62. The van der Waals surface area contributed by atoms with E-state index in [-0.39, 0.29) is 17.3 Å². The number of rotatable bonds is 6. The van der Waals surface area contributed by atoms with Gasteiger partial charge in [-0.15, -0.1) is 17.8 Å². The molecule has 2 rings (SSSR count). The molecule has 7 heteroatoms. The Labute approximate surface area is 146 Å². The van der Waals surface area contributed by atoms with Gasteiger partial charge >= 0.3 is 0 Å². The Bertz CT molecular complexity index is 862. The molecular weight excluding hydrogens is 344 g/mol. The van der Waals surface area contributed by atoms with E-state index in [1.807, 2.05) is 18.4 Å². The molecule has 0 aliphatic rings. The SMILES string of the molecule is C#CCNS(=O)(=O)c1ccc(C(=O)N(C)Cc2sccc2C)cc1. The first-order valence-corrected chi connectivity index (χ1v) is 9.53. The molecule has 0 saturated heterocycles. The molecule has 0 unspecified atom stereocenters. The van der Waals surface area contributed by atoms with Gasteiger partial charge in [-0.05, 0) is 48.2 Å². The number of terminal acetylenes is 1. The molecule has 0 fully saturated rings. The van der Waals surface area contributed by atoms with Crippen molar-refractivity contribution in [3.8, 4) is 12.3 Å². The second-order valence-corrected chi connectivity index (χ2v) is 8.01. The maximum atomic E-state index is 12.5. The fraction of sp³-hybridized carbons (Fsp3) is 0.235. The van der Waals surface area contributed by atoms with Crippen LogP contribution in [0.3, 0.4) is 0 Å². The molecule has 5 nitrogen and oxygen atoms in total. The van der Waals surface area contributed by atoms with Crippen molar-refractivity contribution in [3.05, 3.63) is 51.7 Å². The van der Waals surface area contributed by atoms with Gasteiger partial charge in [0.2, 0.25) is 10.0 Å². The summed E-state index contributed by atoms with van der Waals surface area (Å²) in [6.07, 6.45) is 5.05. The van der Waals surface area contributed by atoms with Gasteiger partial charge in [0.1, 0.15) is 0 Å². The minimum absolute atomic E-state index is 0.0751. The zero-order valence-corrected chi connectivity index (χ0v) is 15.1. The zero-order valence-electron chi connectivity index (χ0n) is 13.4. The Morgan fingerprint density at radius 1 is 1.29 bits per heavy atom. The van der Waals surface area contributed by atoms with E-state index in [0.29, 0.717) is 12.1 Å². The molecule has 0 aliphatic carbocycles. The fourth-order valence-electron chi connectivity index (χ4n) is 2.07. The van der Waals surface area contributed by atoms with Crippen LogP contribution < -0.4 is 4.72 Å². The van der Waals surface area contributed by atoms with Crippen LogP contribution in [-0.4, -0.2) is 32.8 Å². The Morgan fingerprint density at radius 2 is 1.96 bits per heavy atom. The Balaban J connectivity index is 2.11. The van der Waals surface area contributed by atoms with E-state index in [4.69, 9.17) is 6.42 Å². The summed E-state index contributed by atoms with van der Waals surface area (Å²) in [5.74, 6) is 2.05. The van der Waals surface area contributed by atoms with Crippen molar-refractivity contribution >= 4 is 27.3 Å². The summed E-state index contributed by atoms with van der Waals surface area (Å²) in [5, 5.41) is 1.99. The highest BCUT2D eigenvalue weighted by molar-refractivity contribution is 7.89. The van der Waals surface area contributed by atoms with E-state index < -0.39 is 10.0 Å². The smallest absolute Gasteiger partial charge is 0.253 e. The number of aryl methyl sites for hydroxylation is 1. The number of nitrogens with zero attached hydrogens (tertiary/aromatic N) is 1. The van der Waals surface area contributed by atoms with Crippen LogP contribution >= 0.6 is 11.3 Å². The van der Waals surface area contributed by atoms with Crippen LogP contribution in [0, 0.1) is 19.3 Å². The van der Waals surface area contributed by atoms with Crippen LogP contribution in [0.25, 0.3) is 0 Å². The van der Waals surface area contributed by atoms with Gasteiger partial charge in [0.05, 0.1) is 18.0 Å². The number of amides is 1. The molecule has 1 N–H and O–H groups in total. The van der Waals surface area contributed by atoms with Crippen molar-refractivity contribution in [1.82, 2.24) is 9.62 Å². The molecule has 2 aromatic rings. The van der Waals surface area contributed by atoms with Crippen LogP contribution in [0.15, 0.2) is 40.6 Å². The number of sulfonamides is 1. The third kappa shape index (κ3) is 4.23. The Kier molecular flexibility index (Phi) is 5.78. The predicted molar refractivity (Wildman–Crippen MR) is 95.3 cm³/mol. The summed E-state index contributed by atoms with van der Waals surface area (Å²) in [5.41, 5.74) is 1.59. The van der Waals surface area contributed by atoms with Gasteiger partial charge in [-0.3, -0.25) is 4.79 Å². The summed E-state index contributed by atoms with van der Waals surface area (Å²) in [4.78, 5) is 15.3. The molecule has 0 aliphatic heterocycles. The van der Waals surface area contributed by atoms with Crippen molar-refractivity contribution in [1.29, 1.82) is 0 Å². The van der Waals surface area contributed by atoms with E-state index in [2.05, 4.69) is 10.6 Å². The van der Waals surface area contributed by atoms with E-state index in [1.165, 1.54) is 24.3 Å². The number of thiophene rings is 1. The van der Waals surface area contributed by atoms with E-state index >= 15 is 0 Å². The molecule has 24 heavy (non-hydrogen) atoms. The molecule has 126 valence electrons. The largest absolute Gasteiger partial charge is 0.337 e. The molecule has 0 atom stereocenters. The van der Waals surface area contributed by atoms with Crippen LogP contribution in [-0.2, 0) is 16.6 Å². The monoisotopic (exact) mass is 362 g/mol. The number of hydrogen-bond donors (Lipinski definition) is 1. The zero-order chi connectivity index (χ0) is 17.7. The molecule has 1 heterocycles. The third-order valence-electron chi connectivity index (χ3n) is 3.47. The highest BCUT2D eigenvalue weighted by Crippen LogP contribution is 2.19. The van der Waals surface area contributed by atoms with Crippen molar-refractivity contribution in [2.45, 2.75) is 18.4 Å². The summed E-state index contributed by atoms with van der Waals surface area (Å²) in [6, 6.07) is 7.82. The van der Waals surface area contributed by atoms with Gasteiger partial charge in [0.25, 0.3) is 5.91 Å². The van der Waals surface area contributed by atoms with Gasteiger partial charge in [-0.25, -0.2) is 8.42 Å². The molecular formula is C17H18N2O3S2. The van der Waals surface area contributed by atoms with Gasteiger partial charge in [0.15, 0.2) is 0 Å². The van der Waals surface area contributed by atoms with E-state index in [9.17, 15) is 13.2 Å². The molecule has 0 radical (unpaired) electrons. The maximum Gasteiger partial charge on any atom is 0.253 e. The Hall–Kier alpha value is -2.14. The molecule has 0 bridgehead atoms. The quantitative estimate of drug-likeness (QED) is 0.802. The van der Waals surface area contributed by atoms with Gasteiger partial charge in [-0.2, -0.15) is 4.72 Å². The standard InChI is InChI=1S/C17H18N2O3S2/c1-4-10-18-24(21,22)15-7-5-14(6-8-15)17(20)19(3)12-16-13(2)9-11-23-16/h1,5-9,11,18H,10,12H2,2-3H3. The van der Waals surface area contributed by atoms with Crippen LogP contribution in [0.4, 0.5) is 0 Å². The summed E-state index contributed by atoms with van der Waals surface area (Å²) >= 11 is 1.61. The van der Waals surface area contributed by atoms with Crippen LogP contribution in [0.1, 0.15) is 20.8 Å². The fourth-order valence-corrected chi connectivity index (χ4v) is 3.96. The number of nitrogens with one attached hydrogen (secondary N) is 1. The highest BCUT2D eigenvalue weighted by Gasteiger charge is 2.16. The van der Waals surface area contributed by atoms with Gasteiger partial charge in [0, 0.05) is 17.5 Å². The summed E-state index contributed by atoms with van der Waals surface area (Å²) < 4.78 is 26.2. The van der Waals surface area contributed by atoms with Crippen LogP contribution in [0.2, 0.25) is 0 Å². The lowest BCUT2D eigenvalue weighted by Gasteiger charge is -2.17. The number of hydrogen-bond acceptors (Lipinski definition) is 4. The highest BCUT2D eigenvalue weighted by atomic mass is 32.2. The van der Waals surface area contributed by atoms with Crippen molar-refractivity contribution in [2.24, 2.45) is 0 Å². The molecule has 1 aromatic carbocycles. The minimum Gasteiger partial charge on any atom is -0.337 e. The minimum atomic E-state index is -3.65. The second-order valence-electron chi connectivity index (χ2n) is 5.24. The predicted octanol–water partition coefficient (Wildman–Crippen LogP) is 2.24. The number of carbonyl (C=O) groups excluding carboxylic acids is 1. The number of carbonyl (C=O) groups is 1. The summed E-state index contributed by atoms with van der Waals surface area (Å²) in [6.45, 7) is 2.45. The average Bonchev–Trinajstić information content (AvgIpc) is 2.97. The first kappa shape index (κ1) is 18.2. The van der Waals surface area contributed by atoms with Crippen molar-refractivity contribution in [3.63, 3.8) is 0 Å². The van der Waals surface area contributed by atoms with Crippen LogP contribution in [0.5, 0.6) is 0 Å². The van der Waals surface area contributed by atoms with Crippen molar-refractivity contribution in [2.75, 3.05) is 13.6 Å². The average molecular weight is 362 g/mol. The first-order valence-electron chi connectivity index (χ1n) is 7.17. The lowest BCUT2D eigenvalue weighted by Crippen LogP contribution is -2.26. The molecule has 1 amide bonds. The lowest BCUT2D eigenvalue weighted by atomic mass is 10.2. The normalized spacial score (nSPS) is 11.0. The molecule has 0 spiro atoms. The maximum absolute atomic E-state index is 12.5. The topological polar surface area (TPSA) is 66.5 Å². The number of benzene rings is 1. The third-order valence-corrected chi connectivity index (χ3v) is 5.90. The van der Waals surface area contributed by atoms with Crippen molar-refractivity contribution < 1.29 is 13.2 Å². The molecule has 0 saturated carbocycles. The first-order chi connectivity index (χ1) is 11.3. The lowest BCUT2D eigenvalue weighted by molar-refractivity contribution is 0.0786. The van der Waals surface area contributed by atoms with E-state index in [0.717, 1.165) is 10.4 Å². The van der Waals surface area contributed by atoms with E-state index in [1.54, 1.807) is 23.3 Å². The van der Waals surface area contributed by atoms with Gasteiger partial charge < -0.3 is 4.90 Å². The Morgan fingerprint density at radius 3 is 2.50 bits per heavy atom. The van der Waals surface area contributed by atoms with Gasteiger partial charge in [-0.1, -0.05) is 5.92 Å².